The molecule has 0 saturated heterocycles. The summed E-state index contributed by atoms with van der Waals surface area (Å²) in [4.78, 5) is 11.8. The van der Waals surface area contributed by atoms with E-state index in [1.54, 1.807) is 19.1 Å². The van der Waals surface area contributed by atoms with Gasteiger partial charge in [-0.3, -0.25) is 0 Å². The van der Waals surface area contributed by atoms with Crippen LogP contribution in [0.15, 0.2) is 71.6 Å². The molecule has 3 aromatic rings. The third kappa shape index (κ3) is 5.09. The molecule has 32 heavy (non-hydrogen) atoms. The molecule has 0 aliphatic carbocycles. The molecule has 7 nitrogen and oxygen atoms in total. The molecule has 0 aliphatic rings. The maximum atomic E-state index is 13.1. The summed E-state index contributed by atoms with van der Waals surface area (Å²) in [5.74, 6) is 0. The first-order valence-electron chi connectivity index (χ1n) is 10.3. The molecule has 168 valence electrons. The zero-order valence-electron chi connectivity index (χ0n) is 18.1. The fourth-order valence-corrected chi connectivity index (χ4v) is 4.77. The molecule has 0 heterocycles. The lowest BCUT2D eigenvalue weighted by Crippen LogP contribution is -2.39. The molecule has 0 saturated carbocycles. The second-order valence-corrected chi connectivity index (χ2v) is 8.65. The summed E-state index contributed by atoms with van der Waals surface area (Å²) >= 11 is 0. The van der Waals surface area contributed by atoms with Gasteiger partial charge in [0.1, 0.15) is 4.90 Å². The Hall–Kier alpha value is -3.36. The minimum atomic E-state index is -4.23. The molecule has 0 radical (unpaired) electrons. The molecule has 0 spiro atoms. The molecule has 0 aromatic heterocycles. The molecular weight excluding hydrogens is 426 g/mol. The quantitative estimate of drug-likeness (QED) is 0.444. The molecule has 0 bridgehead atoms. The highest BCUT2D eigenvalue weighted by atomic mass is 32.2. The number of amides is 2. The normalized spacial score (nSPS) is 11.2. The van der Waals surface area contributed by atoms with Gasteiger partial charge < -0.3 is 15.8 Å². The smallest absolute Gasteiger partial charge is 0.328 e. The lowest BCUT2D eigenvalue weighted by molar-refractivity contribution is 0.134. The molecule has 0 unspecified atom stereocenters. The molecule has 0 aliphatic heterocycles. The number of anilines is 1. The van der Waals surface area contributed by atoms with E-state index in [0.29, 0.717) is 24.3 Å². The third-order valence-electron chi connectivity index (χ3n) is 4.87. The molecular formula is C24H27N3O4S. The second kappa shape index (κ2) is 10.3. The van der Waals surface area contributed by atoms with E-state index in [1.807, 2.05) is 60.2 Å². The Balaban J connectivity index is 2.19. The van der Waals surface area contributed by atoms with E-state index < -0.39 is 16.1 Å². The number of nitrogens with one attached hydrogen (secondary N) is 2. The van der Waals surface area contributed by atoms with E-state index in [2.05, 4.69) is 5.32 Å². The molecule has 2 amide bonds. The summed E-state index contributed by atoms with van der Waals surface area (Å²) in [5, 5.41) is 2.43. The van der Waals surface area contributed by atoms with Crippen molar-refractivity contribution in [1.29, 1.82) is 0 Å². The first-order valence-corrected chi connectivity index (χ1v) is 11.8. The van der Waals surface area contributed by atoms with Crippen LogP contribution in [0.1, 0.15) is 19.4 Å². The fourth-order valence-electron chi connectivity index (χ4n) is 3.51. The molecule has 8 heteroatoms. The van der Waals surface area contributed by atoms with Crippen molar-refractivity contribution < 1.29 is 17.9 Å². The Morgan fingerprint density at radius 2 is 1.47 bits per heavy atom. The minimum absolute atomic E-state index is 0.0525. The van der Waals surface area contributed by atoms with Crippen LogP contribution in [0.3, 0.4) is 0 Å². The Morgan fingerprint density at radius 3 is 2.12 bits per heavy atom. The zero-order chi connectivity index (χ0) is 23.1. The van der Waals surface area contributed by atoms with E-state index in [0.717, 1.165) is 16.7 Å². The van der Waals surface area contributed by atoms with E-state index in [1.165, 1.54) is 6.07 Å². The van der Waals surface area contributed by atoms with Crippen molar-refractivity contribution in [1.82, 2.24) is 10.0 Å². The van der Waals surface area contributed by atoms with Gasteiger partial charge in [0.2, 0.25) is 0 Å². The van der Waals surface area contributed by atoms with Gasteiger partial charge in [-0.25, -0.2) is 17.9 Å². The largest absolute Gasteiger partial charge is 0.398 e. The van der Waals surface area contributed by atoms with Gasteiger partial charge in [0, 0.05) is 18.7 Å². The standard InChI is InChI=1S/C24H27N3O4S/c1-3-26-24(28)27-32(29,30)23-21(14-9-15-22(23)25)20-13-8-7-12-19(20)18-11-6-5-10-17(18)16-31-4-2/h5-15H,3-4,16,25H2,1-2H3,(H2,26,27,28). The van der Waals surface area contributed by atoms with Gasteiger partial charge in [0.15, 0.2) is 0 Å². The third-order valence-corrected chi connectivity index (χ3v) is 6.31. The predicted molar refractivity (Wildman–Crippen MR) is 126 cm³/mol. The number of hydrogen-bond donors (Lipinski definition) is 3. The number of nitrogens with two attached hydrogens (primary N) is 1. The van der Waals surface area contributed by atoms with Gasteiger partial charge in [0.25, 0.3) is 10.0 Å². The van der Waals surface area contributed by atoms with Gasteiger partial charge in [0.05, 0.1) is 12.3 Å². The van der Waals surface area contributed by atoms with E-state index >= 15 is 0 Å². The van der Waals surface area contributed by atoms with E-state index in [9.17, 15) is 13.2 Å². The number of nitrogen functional groups attached to an aromatic ring is 1. The van der Waals surface area contributed by atoms with Crippen molar-refractivity contribution >= 4 is 21.7 Å². The van der Waals surface area contributed by atoms with Gasteiger partial charge in [-0.2, -0.15) is 0 Å². The average Bonchev–Trinajstić information content (AvgIpc) is 2.77. The number of benzene rings is 3. The van der Waals surface area contributed by atoms with Crippen LogP contribution in [0, 0.1) is 0 Å². The lowest BCUT2D eigenvalue weighted by Gasteiger charge is -2.18. The molecule has 4 N–H and O–H groups in total. The Kier molecular flexibility index (Phi) is 7.50. The van der Waals surface area contributed by atoms with Gasteiger partial charge >= 0.3 is 6.03 Å². The van der Waals surface area contributed by atoms with Crippen molar-refractivity contribution in [3.63, 3.8) is 0 Å². The Morgan fingerprint density at radius 1 is 0.875 bits per heavy atom. The topological polar surface area (TPSA) is 111 Å². The number of urea groups is 1. The summed E-state index contributed by atoms with van der Waals surface area (Å²) in [5.41, 5.74) is 9.99. The number of carbonyl (C=O) groups excluding carboxylic acids is 1. The van der Waals surface area contributed by atoms with Crippen LogP contribution >= 0.6 is 0 Å². The van der Waals surface area contributed by atoms with Crippen LogP contribution < -0.4 is 15.8 Å². The van der Waals surface area contributed by atoms with Crippen molar-refractivity contribution in [3.05, 3.63) is 72.3 Å². The molecule has 0 fully saturated rings. The summed E-state index contributed by atoms with van der Waals surface area (Å²) in [6.07, 6.45) is 0. The van der Waals surface area contributed by atoms with E-state index in [4.69, 9.17) is 10.5 Å². The SMILES string of the molecule is CCNC(=O)NS(=O)(=O)c1c(N)cccc1-c1ccccc1-c1ccccc1COCC. The molecule has 3 aromatic carbocycles. The van der Waals surface area contributed by atoms with Crippen molar-refractivity contribution in [3.8, 4) is 22.3 Å². The number of ether oxygens (including phenoxy) is 1. The monoisotopic (exact) mass is 453 g/mol. The van der Waals surface area contributed by atoms with Crippen LogP contribution in [0.25, 0.3) is 22.3 Å². The van der Waals surface area contributed by atoms with Crippen molar-refractivity contribution in [2.24, 2.45) is 0 Å². The van der Waals surface area contributed by atoms with Gasteiger partial charge in [-0.05, 0) is 42.2 Å². The predicted octanol–water partition coefficient (Wildman–Crippen LogP) is 4.15. The number of carbonyl (C=O) groups is 1. The first kappa shape index (κ1) is 23.3. The zero-order valence-corrected chi connectivity index (χ0v) is 18.9. The first-order chi connectivity index (χ1) is 15.4. The Bertz CT molecular complexity index is 1210. The summed E-state index contributed by atoms with van der Waals surface area (Å²) < 4.78 is 33.9. The Labute approximate surface area is 188 Å². The fraction of sp³-hybridized carbons (Fsp3) is 0.208. The van der Waals surface area contributed by atoms with Crippen LogP contribution in [-0.2, 0) is 21.4 Å². The van der Waals surface area contributed by atoms with Gasteiger partial charge in [-0.15, -0.1) is 0 Å². The number of hydrogen-bond acceptors (Lipinski definition) is 5. The second-order valence-electron chi connectivity index (χ2n) is 7.03. The summed E-state index contributed by atoms with van der Waals surface area (Å²) in [6, 6.07) is 19.4. The van der Waals surface area contributed by atoms with Gasteiger partial charge in [-0.1, -0.05) is 60.7 Å². The lowest BCUT2D eigenvalue weighted by atomic mass is 9.92. The maximum Gasteiger partial charge on any atom is 0.328 e. The average molecular weight is 454 g/mol. The van der Waals surface area contributed by atoms with Crippen molar-refractivity contribution in [2.75, 3.05) is 18.9 Å². The van der Waals surface area contributed by atoms with Crippen LogP contribution in [-0.4, -0.2) is 27.6 Å². The highest BCUT2D eigenvalue weighted by Gasteiger charge is 2.26. The number of rotatable bonds is 8. The maximum absolute atomic E-state index is 13.1. The van der Waals surface area contributed by atoms with E-state index in [-0.39, 0.29) is 17.1 Å². The van der Waals surface area contributed by atoms with Crippen LogP contribution in [0.2, 0.25) is 0 Å². The highest BCUT2D eigenvalue weighted by molar-refractivity contribution is 7.90. The summed E-state index contributed by atoms with van der Waals surface area (Å²) in [7, 11) is -4.23. The summed E-state index contributed by atoms with van der Waals surface area (Å²) in [6.45, 7) is 4.94. The van der Waals surface area contributed by atoms with Crippen LogP contribution in [0.5, 0.6) is 0 Å². The molecule has 0 atom stereocenters. The highest BCUT2D eigenvalue weighted by Crippen LogP contribution is 2.39. The van der Waals surface area contributed by atoms with Crippen LogP contribution in [0.4, 0.5) is 10.5 Å². The van der Waals surface area contributed by atoms with Crippen molar-refractivity contribution in [2.45, 2.75) is 25.3 Å². The molecule has 3 rings (SSSR count). The number of sulfonamides is 1. The minimum Gasteiger partial charge on any atom is -0.398 e.